The van der Waals surface area contributed by atoms with Gasteiger partial charge in [-0.15, -0.1) is 0 Å². The number of carbonyl (C=O) groups is 1. The van der Waals surface area contributed by atoms with Gasteiger partial charge in [-0.2, -0.15) is 0 Å². The molecule has 162 valence electrons. The van der Waals surface area contributed by atoms with Crippen molar-refractivity contribution < 1.29 is 13.9 Å². The first-order valence-electron chi connectivity index (χ1n) is 11.1. The lowest BCUT2D eigenvalue weighted by Crippen LogP contribution is -2.51. The van der Waals surface area contributed by atoms with Crippen LogP contribution in [0.4, 0.5) is 5.69 Å². The van der Waals surface area contributed by atoms with Gasteiger partial charge in [0.25, 0.3) is 5.91 Å². The number of carbonyl (C=O) groups excluding carboxylic acids is 1. The van der Waals surface area contributed by atoms with Crippen LogP contribution in [0.3, 0.4) is 0 Å². The van der Waals surface area contributed by atoms with Crippen LogP contribution >= 0.6 is 0 Å². The van der Waals surface area contributed by atoms with Gasteiger partial charge in [-0.3, -0.25) is 9.69 Å². The molecule has 0 spiro atoms. The Morgan fingerprint density at radius 1 is 1.20 bits per heavy atom. The molecule has 1 N–H and O–H groups in total. The molecule has 0 saturated carbocycles. The summed E-state index contributed by atoms with van der Waals surface area (Å²) in [7, 11) is 0. The summed E-state index contributed by atoms with van der Waals surface area (Å²) in [5.74, 6) is 1.12. The normalized spacial score (nSPS) is 20.4. The number of ether oxygens (including phenoxy) is 1. The quantitative estimate of drug-likeness (QED) is 0.758. The van der Waals surface area contributed by atoms with Crippen LogP contribution in [0.5, 0.6) is 0 Å². The van der Waals surface area contributed by atoms with Crippen LogP contribution in [0.25, 0.3) is 0 Å². The number of amides is 1. The topological polar surface area (TPSA) is 58.0 Å². The minimum atomic E-state index is -0.0576. The maximum atomic E-state index is 13.0. The van der Waals surface area contributed by atoms with E-state index in [1.807, 2.05) is 0 Å². The molecule has 30 heavy (non-hydrogen) atoms. The second kappa shape index (κ2) is 9.23. The van der Waals surface area contributed by atoms with Gasteiger partial charge >= 0.3 is 0 Å². The monoisotopic (exact) mass is 411 g/mol. The van der Waals surface area contributed by atoms with Crippen molar-refractivity contribution in [3.63, 3.8) is 0 Å². The SMILES string of the molecule is CC(C)[C@H](CNC(=O)c1ccoc1CN1c2ccccc2C[C@H]1C)N1CCOCC1. The van der Waals surface area contributed by atoms with Gasteiger partial charge in [-0.25, -0.2) is 0 Å². The molecular weight excluding hydrogens is 378 g/mol. The number of rotatable bonds is 7. The van der Waals surface area contributed by atoms with Crippen LogP contribution in [0.15, 0.2) is 41.0 Å². The van der Waals surface area contributed by atoms with Crippen molar-refractivity contribution >= 4 is 11.6 Å². The number of nitrogens with zero attached hydrogens (tertiary/aromatic N) is 2. The third-order valence-electron chi connectivity index (χ3n) is 6.41. The lowest BCUT2D eigenvalue weighted by atomic mass is 10.0. The molecule has 1 saturated heterocycles. The maximum Gasteiger partial charge on any atom is 0.254 e. The molecule has 4 rings (SSSR count). The minimum absolute atomic E-state index is 0.0576. The van der Waals surface area contributed by atoms with E-state index in [0.29, 0.717) is 36.7 Å². The average molecular weight is 412 g/mol. The van der Waals surface area contributed by atoms with E-state index < -0.39 is 0 Å². The molecule has 2 aliphatic heterocycles. The number of anilines is 1. The Morgan fingerprint density at radius 3 is 2.73 bits per heavy atom. The van der Waals surface area contributed by atoms with E-state index in [-0.39, 0.29) is 5.91 Å². The summed E-state index contributed by atoms with van der Waals surface area (Å²) in [6.45, 7) is 11.2. The zero-order valence-corrected chi connectivity index (χ0v) is 18.3. The Labute approximate surface area is 179 Å². The summed E-state index contributed by atoms with van der Waals surface area (Å²) in [5.41, 5.74) is 3.23. The Bertz CT molecular complexity index is 857. The molecule has 6 nitrogen and oxygen atoms in total. The second-order valence-corrected chi connectivity index (χ2v) is 8.74. The lowest BCUT2D eigenvalue weighted by molar-refractivity contribution is 0.00672. The number of hydrogen-bond acceptors (Lipinski definition) is 5. The predicted octanol–water partition coefficient (Wildman–Crippen LogP) is 3.32. The Kier molecular flexibility index (Phi) is 6.44. The van der Waals surface area contributed by atoms with E-state index >= 15 is 0 Å². The largest absolute Gasteiger partial charge is 0.467 e. The zero-order valence-electron chi connectivity index (χ0n) is 18.3. The zero-order chi connectivity index (χ0) is 21.1. The number of morpholine rings is 1. The highest BCUT2D eigenvalue weighted by molar-refractivity contribution is 5.95. The highest BCUT2D eigenvalue weighted by atomic mass is 16.5. The highest BCUT2D eigenvalue weighted by Crippen LogP contribution is 2.33. The van der Waals surface area contributed by atoms with Crippen molar-refractivity contribution in [1.29, 1.82) is 0 Å². The number of furan rings is 1. The van der Waals surface area contributed by atoms with E-state index in [0.717, 1.165) is 38.5 Å². The second-order valence-electron chi connectivity index (χ2n) is 8.74. The minimum Gasteiger partial charge on any atom is -0.467 e. The standard InChI is InChI=1S/C24H33N3O3/c1-17(2)22(26-9-12-29-13-10-26)15-25-24(28)20-8-11-30-23(20)16-27-18(3)14-19-6-4-5-7-21(19)27/h4-8,11,17-18,22H,9-10,12-16H2,1-3H3,(H,25,28)/t18-,22+/m1/s1. The van der Waals surface area contributed by atoms with Gasteiger partial charge in [-0.1, -0.05) is 32.0 Å². The van der Waals surface area contributed by atoms with Gasteiger partial charge in [-0.05, 0) is 37.0 Å². The number of hydrogen-bond donors (Lipinski definition) is 1. The van der Waals surface area contributed by atoms with Gasteiger partial charge in [0.15, 0.2) is 0 Å². The Hall–Kier alpha value is -2.31. The molecule has 1 aromatic carbocycles. The van der Waals surface area contributed by atoms with Gasteiger partial charge in [0.1, 0.15) is 5.76 Å². The van der Waals surface area contributed by atoms with Crippen molar-refractivity contribution in [3.8, 4) is 0 Å². The van der Waals surface area contributed by atoms with E-state index in [9.17, 15) is 4.79 Å². The number of benzene rings is 1. The van der Waals surface area contributed by atoms with Crippen LogP contribution < -0.4 is 10.2 Å². The van der Waals surface area contributed by atoms with Gasteiger partial charge in [0, 0.05) is 37.4 Å². The number of nitrogens with one attached hydrogen (secondary N) is 1. The van der Waals surface area contributed by atoms with Gasteiger partial charge in [0.2, 0.25) is 0 Å². The molecule has 2 atom stereocenters. The molecule has 1 aromatic heterocycles. The maximum absolute atomic E-state index is 13.0. The molecule has 0 unspecified atom stereocenters. The smallest absolute Gasteiger partial charge is 0.254 e. The molecule has 0 bridgehead atoms. The first kappa shape index (κ1) is 20.9. The van der Waals surface area contributed by atoms with Crippen LogP contribution in [0.1, 0.15) is 42.5 Å². The molecule has 0 radical (unpaired) electrons. The highest BCUT2D eigenvalue weighted by Gasteiger charge is 2.29. The van der Waals surface area contributed by atoms with E-state index in [1.165, 1.54) is 11.3 Å². The fourth-order valence-corrected chi connectivity index (χ4v) is 4.68. The van der Waals surface area contributed by atoms with Crippen LogP contribution in [-0.4, -0.2) is 55.7 Å². The molecule has 2 aromatic rings. The molecule has 3 heterocycles. The van der Waals surface area contributed by atoms with Gasteiger partial charge < -0.3 is 19.4 Å². The summed E-state index contributed by atoms with van der Waals surface area (Å²) < 4.78 is 11.2. The fraction of sp³-hybridized carbons (Fsp3) is 0.542. The van der Waals surface area contributed by atoms with Crippen molar-refractivity contribution in [2.24, 2.45) is 5.92 Å². The summed E-state index contributed by atoms with van der Waals surface area (Å²) in [4.78, 5) is 17.8. The van der Waals surface area contributed by atoms with Crippen molar-refractivity contribution in [3.05, 3.63) is 53.5 Å². The summed E-state index contributed by atoms with van der Waals surface area (Å²) in [5, 5.41) is 3.16. The molecule has 6 heteroatoms. The lowest BCUT2D eigenvalue weighted by Gasteiger charge is -2.36. The molecular formula is C24H33N3O3. The molecule has 1 amide bonds. The van der Waals surface area contributed by atoms with E-state index in [1.54, 1.807) is 12.3 Å². The van der Waals surface area contributed by atoms with Crippen LogP contribution in [0.2, 0.25) is 0 Å². The van der Waals surface area contributed by atoms with E-state index in [2.05, 4.69) is 60.2 Å². The van der Waals surface area contributed by atoms with E-state index in [4.69, 9.17) is 9.15 Å². The Morgan fingerprint density at radius 2 is 1.97 bits per heavy atom. The summed E-state index contributed by atoms with van der Waals surface area (Å²) in [6, 6.07) is 11.0. The van der Waals surface area contributed by atoms with Crippen molar-refractivity contribution in [1.82, 2.24) is 10.2 Å². The summed E-state index contributed by atoms with van der Waals surface area (Å²) in [6.07, 6.45) is 2.65. The molecule has 2 aliphatic rings. The first-order valence-corrected chi connectivity index (χ1v) is 11.1. The Balaban J connectivity index is 1.42. The third-order valence-corrected chi connectivity index (χ3v) is 6.41. The van der Waals surface area contributed by atoms with Crippen LogP contribution in [-0.2, 0) is 17.7 Å². The summed E-state index contributed by atoms with van der Waals surface area (Å²) >= 11 is 0. The van der Waals surface area contributed by atoms with Gasteiger partial charge in [0.05, 0.1) is 31.6 Å². The third kappa shape index (κ3) is 4.40. The molecule has 0 aliphatic carbocycles. The van der Waals surface area contributed by atoms with Crippen molar-refractivity contribution in [2.75, 3.05) is 37.7 Å². The molecule has 1 fully saturated rings. The fourth-order valence-electron chi connectivity index (χ4n) is 4.68. The first-order chi connectivity index (χ1) is 14.5. The van der Waals surface area contributed by atoms with Crippen LogP contribution in [0, 0.1) is 5.92 Å². The number of fused-ring (bicyclic) bond motifs is 1. The number of para-hydroxylation sites is 1. The average Bonchev–Trinajstić information content (AvgIpc) is 3.33. The van der Waals surface area contributed by atoms with Crippen molar-refractivity contribution in [2.45, 2.75) is 45.8 Å². The predicted molar refractivity (Wildman–Crippen MR) is 118 cm³/mol.